The summed E-state index contributed by atoms with van der Waals surface area (Å²) in [7, 11) is 0. The summed E-state index contributed by atoms with van der Waals surface area (Å²) >= 11 is 8.00. The molecular formula is C23H23ClS. The molecule has 0 fully saturated rings. The molecule has 0 saturated carbocycles. The zero-order chi connectivity index (χ0) is 17.3. The fourth-order valence-electron chi connectivity index (χ4n) is 2.91. The van der Waals surface area contributed by atoms with E-state index in [9.17, 15) is 0 Å². The Hall–Kier alpha value is -1.70. The highest BCUT2D eigenvalue weighted by Crippen LogP contribution is 2.30. The average molecular weight is 367 g/mol. The molecule has 0 unspecified atom stereocenters. The van der Waals surface area contributed by atoms with Gasteiger partial charge in [0.25, 0.3) is 0 Å². The maximum atomic E-state index is 6.02. The van der Waals surface area contributed by atoms with Crippen LogP contribution in [0.2, 0.25) is 5.02 Å². The van der Waals surface area contributed by atoms with Gasteiger partial charge in [-0.25, -0.2) is 0 Å². The molecule has 0 heterocycles. The summed E-state index contributed by atoms with van der Waals surface area (Å²) in [6, 6.07) is 29.8. The maximum Gasteiger partial charge on any atom is 0.0406 e. The molecule has 0 aliphatic rings. The van der Waals surface area contributed by atoms with Crippen LogP contribution in [0.3, 0.4) is 0 Å². The minimum absolute atomic E-state index is 0.599. The van der Waals surface area contributed by atoms with Crippen LogP contribution in [0.4, 0.5) is 0 Å². The summed E-state index contributed by atoms with van der Waals surface area (Å²) < 4.78 is 0. The molecule has 0 bridgehead atoms. The second-order valence-electron chi connectivity index (χ2n) is 6.24. The molecule has 0 spiro atoms. The monoisotopic (exact) mass is 366 g/mol. The highest BCUT2D eigenvalue weighted by Gasteiger charge is 2.11. The first-order valence-electron chi connectivity index (χ1n) is 8.80. The number of benzene rings is 3. The SMILES string of the molecule is Clc1ccc(SC(CCc2ccccc2)CCc2ccccc2)cc1. The molecule has 25 heavy (non-hydrogen) atoms. The summed E-state index contributed by atoms with van der Waals surface area (Å²) in [5, 5.41) is 1.40. The van der Waals surface area contributed by atoms with Gasteiger partial charge in [0.05, 0.1) is 0 Å². The van der Waals surface area contributed by atoms with E-state index in [1.54, 1.807) is 0 Å². The van der Waals surface area contributed by atoms with Gasteiger partial charge in [-0.2, -0.15) is 0 Å². The van der Waals surface area contributed by atoms with Crippen LogP contribution < -0.4 is 0 Å². The van der Waals surface area contributed by atoms with Crippen LogP contribution in [0.1, 0.15) is 24.0 Å². The van der Waals surface area contributed by atoms with E-state index in [4.69, 9.17) is 11.6 Å². The van der Waals surface area contributed by atoms with E-state index in [2.05, 4.69) is 72.8 Å². The first-order valence-corrected chi connectivity index (χ1v) is 10.1. The number of aryl methyl sites for hydroxylation is 2. The van der Waals surface area contributed by atoms with Crippen molar-refractivity contribution in [2.45, 2.75) is 35.8 Å². The topological polar surface area (TPSA) is 0 Å². The zero-order valence-corrected chi connectivity index (χ0v) is 15.8. The molecule has 0 atom stereocenters. The third-order valence-electron chi connectivity index (χ3n) is 4.31. The Morgan fingerprint density at radius 2 is 1.12 bits per heavy atom. The first kappa shape index (κ1) is 18.1. The summed E-state index contributed by atoms with van der Waals surface area (Å²) in [6.45, 7) is 0. The largest absolute Gasteiger partial charge is 0.123 e. The Kier molecular flexibility index (Phi) is 7.02. The smallest absolute Gasteiger partial charge is 0.0406 e. The fourth-order valence-corrected chi connectivity index (χ4v) is 4.19. The molecule has 0 aliphatic carbocycles. The summed E-state index contributed by atoms with van der Waals surface area (Å²) in [5.74, 6) is 0. The van der Waals surface area contributed by atoms with Gasteiger partial charge in [0, 0.05) is 15.2 Å². The summed E-state index contributed by atoms with van der Waals surface area (Å²) in [6.07, 6.45) is 4.62. The molecule has 0 nitrogen and oxygen atoms in total. The van der Waals surface area contributed by atoms with Gasteiger partial charge in [0.1, 0.15) is 0 Å². The van der Waals surface area contributed by atoms with Crippen molar-refractivity contribution in [1.82, 2.24) is 0 Å². The Labute approximate surface area is 160 Å². The van der Waals surface area contributed by atoms with Crippen LogP contribution in [-0.4, -0.2) is 5.25 Å². The van der Waals surface area contributed by atoms with Gasteiger partial charge in [0.2, 0.25) is 0 Å². The van der Waals surface area contributed by atoms with Gasteiger partial charge in [-0.1, -0.05) is 72.3 Å². The Morgan fingerprint density at radius 1 is 0.640 bits per heavy atom. The van der Waals surface area contributed by atoms with E-state index in [1.807, 2.05) is 23.9 Å². The first-order chi connectivity index (χ1) is 12.3. The number of halogens is 1. The van der Waals surface area contributed by atoms with Crippen molar-refractivity contribution >= 4 is 23.4 Å². The molecule has 3 aromatic carbocycles. The third kappa shape index (κ3) is 6.26. The van der Waals surface area contributed by atoms with Gasteiger partial charge < -0.3 is 0 Å². The molecule has 0 N–H and O–H groups in total. The molecular weight excluding hydrogens is 344 g/mol. The van der Waals surface area contributed by atoms with Gasteiger partial charge in [-0.15, -0.1) is 11.8 Å². The standard InChI is InChI=1S/C23H23ClS/c24-21-13-17-23(18-14-21)25-22(15-11-19-7-3-1-4-8-19)16-12-20-9-5-2-6-10-20/h1-10,13-14,17-18,22H,11-12,15-16H2. The maximum absolute atomic E-state index is 6.02. The molecule has 0 aromatic heterocycles. The van der Waals surface area contributed by atoms with Crippen LogP contribution >= 0.6 is 23.4 Å². The van der Waals surface area contributed by atoms with Crippen molar-refractivity contribution in [2.75, 3.05) is 0 Å². The Morgan fingerprint density at radius 3 is 1.60 bits per heavy atom. The summed E-state index contributed by atoms with van der Waals surface area (Å²) in [4.78, 5) is 1.30. The predicted octanol–water partition coefficient (Wildman–Crippen LogP) is 7.07. The van der Waals surface area contributed by atoms with E-state index in [1.165, 1.54) is 28.9 Å². The molecule has 0 saturated heterocycles. The molecule has 3 rings (SSSR count). The minimum atomic E-state index is 0.599. The highest BCUT2D eigenvalue weighted by atomic mass is 35.5. The van der Waals surface area contributed by atoms with E-state index in [0.29, 0.717) is 5.25 Å². The second-order valence-corrected chi connectivity index (χ2v) is 8.05. The number of thioether (sulfide) groups is 1. The molecule has 0 radical (unpaired) electrons. The summed E-state index contributed by atoms with van der Waals surface area (Å²) in [5.41, 5.74) is 2.84. The Bertz CT molecular complexity index is 695. The van der Waals surface area contributed by atoms with Gasteiger partial charge in [-0.3, -0.25) is 0 Å². The molecule has 2 heteroatoms. The van der Waals surface area contributed by atoms with Crippen LogP contribution in [-0.2, 0) is 12.8 Å². The lowest BCUT2D eigenvalue weighted by molar-refractivity contribution is 0.696. The normalized spacial score (nSPS) is 11.0. The molecule has 0 amide bonds. The van der Waals surface area contributed by atoms with E-state index in [-0.39, 0.29) is 0 Å². The van der Waals surface area contributed by atoms with E-state index >= 15 is 0 Å². The molecule has 0 aliphatic heterocycles. The van der Waals surface area contributed by atoms with Crippen molar-refractivity contribution in [3.05, 3.63) is 101 Å². The van der Waals surface area contributed by atoms with Crippen molar-refractivity contribution in [3.63, 3.8) is 0 Å². The minimum Gasteiger partial charge on any atom is -0.123 e. The van der Waals surface area contributed by atoms with Crippen molar-refractivity contribution < 1.29 is 0 Å². The van der Waals surface area contributed by atoms with Crippen molar-refractivity contribution in [1.29, 1.82) is 0 Å². The van der Waals surface area contributed by atoms with Crippen molar-refractivity contribution in [2.24, 2.45) is 0 Å². The second kappa shape index (κ2) is 9.70. The van der Waals surface area contributed by atoms with Crippen LogP contribution in [0.15, 0.2) is 89.8 Å². The lowest BCUT2D eigenvalue weighted by Crippen LogP contribution is -2.06. The van der Waals surface area contributed by atoms with Crippen LogP contribution in [0.5, 0.6) is 0 Å². The zero-order valence-electron chi connectivity index (χ0n) is 14.3. The van der Waals surface area contributed by atoms with Gasteiger partial charge in [-0.05, 0) is 61.1 Å². The fraction of sp³-hybridized carbons (Fsp3) is 0.217. The molecule has 128 valence electrons. The Balaban J connectivity index is 1.62. The van der Waals surface area contributed by atoms with Gasteiger partial charge in [0.15, 0.2) is 0 Å². The van der Waals surface area contributed by atoms with E-state index < -0.39 is 0 Å². The number of hydrogen-bond acceptors (Lipinski definition) is 1. The van der Waals surface area contributed by atoms with E-state index in [0.717, 1.165) is 17.9 Å². The average Bonchev–Trinajstić information content (AvgIpc) is 2.67. The predicted molar refractivity (Wildman–Crippen MR) is 111 cm³/mol. The molecule has 3 aromatic rings. The third-order valence-corrected chi connectivity index (χ3v) is 5.91. The van der Waals surface area contributed by atoms with Crippen molar-refractivity contribution in [3.8, 4) is 0 Å². The number of hydrogen-bond donors (Lipinski definition) is 0. The van der Waals surface area contributed by atoms with Crippen LogP contribution in [0.25, 0.3) is 0 Å². The van der Waals surface area contributed by atoms with Gasteiger partial charge >= 0.3 is 0 Å². The number of rotatable bonds is 8. The lowest BCUT2D eigenvalue weighted by atomic mass is 10.0. The highest BCUT2D eigenvalue weighted by molar-refractivity contribution is 8.00. The lowest BCUT2D eigenvalue weighted by Gasteiger charge is -2.17. The van der Waals surface area contributed by atoms with Crippen LogP contribution in [0, 0.1) is 0 Å². The quantitative estimate of drug-likeness (QED) is 0.384.